The number of hydrogen-bond donors (Lipinski definition) is 0. The Hall–Kier alpha value is -1.37. The van der Waals surface area contributed by atoms with E-state index in [1.807, 2.05) is 43.3 Å². The molecule has 0 unspecified atom stereocenters. The van der Waals surface area contributed by atoms with Crippen molar-refractivity contribution in [1.29, 1.82) is 0 Å². The molecule has 2 atom stereocenters. The number of allylic oxidation sites excluding steroid dienone is 1. The van der Waals surface area contributed by atoms with Crippen LogP contribution in [0.4, 0.5) is 0 Å². The molecular formula is C12H14O. The molecule has 0 aliphatic carbocycles. The third kappa shape index (κ3) is 2.28. The molecule has 1 heteroatoms. The van der Waals surface area contributed by atoms with Crippen molar-refractivity contribution in [1.82, 2.24) is 0 Å². The van der Waals surface area contributed by atoms with E-state index in [2.05, 4.69) is 6.58 Å². The van der Waals surface area contributed by atoms with Gasteiger partial charge in [0.2, 0.25) is 0 Å². The van der Waals surface area contributed by atoms with Crippen LogP contribution in [0.2, 0.25) is 0 Å². The summed E-state index contributed by atoms with van der Waals surface area (Å²) in [5, 5.41) is 0. The fraction of sp³-hybridized carbons (Fsp3) is 0.250. The number of hydrogen-bond acceptors (Lipinski definition) is 1. The van der Waals surface area contributed by atoms with Gasteiger partial charge in [-0.1, -0.05) is 43.3 Å². The first-order chi connectivity index (χ1) is 6.29. The molecule has 0 aliphatic heterocycles. The largest absolute Gasteiger partial charge is 0.303 e. The van der Waals surface area contributed by atoms with Crippen molar-refractivity contribution in [2.24, 2.45) is 5.92 Å². The van der Waals surface area contributed by atoms with E-state index in [-0.39, 0.29) is 11.8 Å². The minimum Gasteiger partial charge on any atom is -0.303 e. The second kappa shape index (κ2) is 4.61. The van der Waals surface area contributed by atoms with E-state index in [1.54, 1.807) is 0 Å². The summed E-state index contributed by atoms with van der Waals surface area (Å²) in [5.41, 5.74) is 1.15. The van der Waals surface area contributed by atoms with Gasteiger partial charge in [0.05, 0.1) is 0 Å². The minimum absolute atomic E-state index is 0.0000926. The van der Waals surface area contributed by atoms with Crippen LogP contribution in [-0.4, -0.2) is 6.29 Å². The lowest BCUT2D eigenvalue weighted by Gasteiger charge is -2.15. The van der Waals surface area contributed by atoms with Crippen LogP contribution in [0.25, 0.3) is 0 Å². The molecule has 1 rings (SSSR count). The molecule has 0 saturated heterocycles. The molecule has 0 bridgehead atoms. The zero-order valence-electron chi connectivity index (χ0n) is 7.81. The molecule has 0 fully saturated rings. The third-order valence-electron chi connectivity index (χ3n) is 2.22. The van der Waals surface area contributed by atoms with Gasteiger partial charge in [0, 0.05) is 11.8 Å². The van der Waals surface area contributed by atoms with Gasteiger partial charge in [-0.15, -0.1) is 6.58 Å². The normalized spacial score (nSPS) is 14.5. The second-order valence-electron chi connectivity index (χ2n) is 3.17. The predicted molar refractivity (Wildman–Crippen MR) is 54.6 cm³/mol. The Morgan fingerprint density at radius 1 is 1.31 bits per heavy atom. The summed E-state index contributed by atoms with van der Waals surface area (Å²) in [7, 11) is 0. The fourth-order valence-electron chi connectivity index (χ4n) is 1.41. The highest BCUT2D eigenvalue weighted by Crippen LogP contribution is 2.23. The van der Waals surface area contributed by atoms with Gasteiger partial charge in [-0.3, -0.25) is 0 Å². The Morgan fingerprint density at radius 3 is 2.38 bits per heavy atom. The van der Waals surface area contributed by atoms with Crippen LogP contribution in [-0.2, 0) is 4.79 Å². The molecule has 0 saturated carbocycles. The maximum absolute atomic E-state index is 10.6. The third-order valence-corrected chi connectivity index (χ3v) is 2.22. The molecule has 0 aromatic heterocycles. The van der Waals surface area contributed by atoms with Crippen molar-refractivity contribution < 1.29 is 4.79 Å². The van der Waals surface area contributed by atoms with Gasteiger partial charge in [-0.05, 0) is 5.56 Å². The first kappa shape index (κ1) is 9.72. The summed E-state index contributed by atoms with van der Waals surface area (Å²) >= 11 is 0. The van der Waals surface area contributed by atoms with E-state index in [0.717, 1.165) is 11.8 Å². The monoisotopic (exact) mass is 174 g/mol. The Bertz CT molecular complexity index is 276. The zero-order valence-corrected chi connectivity index (χ0v) is 7.81. The lowest BCUT2D eigenvalue weighted by Crippen LogP contribution is -2.08. The summed E-state index contributed by atoms with van der Waals surface area (Å²) in [6.07, 6.45) is 2.80. The molecule has 13 heavy (non-hydrogen) atoms. The van der Waals surface area contributed by atoms with Gasteiger partial charge in [0.15, 0.2) is 0 Å². The number of aldehydes is 1. The van der Waals surface area contributed by atoms with Gasteiger partial charge in [0.25, 0.3) is 0 Å². The topological polar surface area (TPSA) is 17.1 Å². The predicted octanol–water partition coefficient (Wildman–Crippen LogP) is 2.79. The van der Waals surface area contributed by atoms with Crippen molar-refractivity contribution in [3.8, 4) is 0 Å². The smallest absolute Gasteiger partial charge is 0.123 e. The van der Waals surface area contributed by atoms with E-state index in [0.29, 0.717) is 0 Å². The number of benzene rings is 1. The van der Waals surface area contributed by atoms with Crippen molar-refractivity contribution in [2.45, 2.75) is 12.8 Å². The molecule has 68 valence electrons. The molecule has 0 amide bonds. The van der Waals surface area contributed by atoms with E-state index in [9.17, 15) is 4.79 Å². The Labute approximate surface area is 79.1 Å². The Morgan fingerprint density at radius 2 is 1.92 bits per heavy atom. The quantitative estimate of drug-likeness (QED) is 0.506. The fourth-order valence-corrected chi connectivity index (χ4v) is 1.41. The summed E-state index contributed by atoms with van der Waals surface area (Å²) in [6.45, 7) is 5.66. The van der Waals surface area contributed by atoms with E-state index >= 15 is 0 Å². The SMILES string of the molecule is C=C[C@H](c1ccccc1)[C@H](C)C=O. The van der Waals surface area contributed by atoms with Crippen molar-refractivity contribution in [2.75, 3.05) is 0 Å². The van der Waals surface area contributed by atoms with Crippen LogP contribution >= 0.6 is 0 Å². The molecule has 1 aromatic carbocycles. The average molecular weight is 174 g/mol. The molecule has 0 spiro atoms. The number of rotatable bonds is 4. The van der Waals surface area contributed by atoms with Crippen LogP contribution in [0, 0.1) is 5.92 Å². The summed E-state index contributed by atoms with van der Waals surface area (Å²) in [6, 6.07) is 9.96. The average Bonchev–Trinajstić information content (AvgIpc) is 2.20. The summed E-state index contributed by atoms with van der Waals surface area (Å²) < 4.78 is 0. The van der Waals surface area contributed by atoms with Gasteiger partial charge in [0.1, 0.15) is 6.29 Å². The highest BCUT2D eigenvalue weighted by molar-refractivity contribution is 5.56. The van der Waals surface area contributed by atoms with Crippen LogP contribution in [0.3, 0.4) is 0 Å². The van der Waals surface area contributed by atoms with Crippen LogP contribution < -0.4 is 0 Å². The molecule has 0 aliphatic rings. The Balaban J connectivity index is 2.90. The lowest BCUT2D eigenvalue weighted by atomic mass is 9.88. The highest BCUT2D eigenvalue weighted by atomic mass is 16.1. The van der Waals surface area contributed by atoms with Crippen LogP contribution in [0.15, 0.2) is 43.0 Å². The number of carbonyl (C=O) groups excluding carboxylic acids is 1. The summed E-state index contributed by atoms with van der Waals surface area (Å²) in [5.74, 6) is 0.138. The number of carbonyl (C=O) groups is 1. The maximum Gasteiger partial charge on any atom is 0.123 e. The minimum atomic E-state index is -0.0000926. The molecular weight excluding hydrogens is 160 g/mol. The van der Waals surface area contributed by atoms with Crippen molar-refractivity contribution in [3.05, 3.63) is 48.6 Å². The molecule has 0 N–H and O–H groups in total. The van der Waals surface area contributed by atoms with Gasteiger partial charge in [-0.2, -0.15) is 0 Å². The van der Waals surface area contributed by atoms with Crippen LogP contribution in [0.5, 0.6) is 0 Å². The standard InChI is InChI=1S/C12H14O/c1-3-12(10(2)9-13)11-7-5-4-6-8-11/h3-10,12H,1H2,2H3/t10-,12+/m1/s1. The molecule has 0 radical (unpaired) electrons. The van der Waals surface area contributed by atoms with E-state index < -0.39 is 0 Å². The summed E-state index contributed by atoms with van der Waals surface area (Å²) in [4.78, 5) is 10.6. The second-order valence-corrected chi connectivity index (χ2v) is 3.17. The van der Waals surface area contributed by atoms with E-state index in [4.69, 9.17) is 0 Å². The van der Waals surface area contributed by atoms with Gasteiger partial charge < -0.3 is 4.79 Å². The first-order valence-corrected chi connectivity index (χ1v) is 4.42. The zero-order chi connectivity index (χ0) is 9.68. The highest BCUT2D eigenvalue weighted by Gasteiger charge is 2.14. The Kier molecular flexibility index (Phi) is 3.44. The molecule has 1 aromatic rings. The van der Waals surface area contributed by atoms with E-state index in [1.165, 1.54) is 0 Å². The molecule has 1 nitrogen and oxygen atoms in total. The molecule has 0 heterocycles. The first-order valence-electron chi connectivity index (χ1n) is 4.42. The maximum atomic E-state index is 10.6. The van der Waals surface area contributed by atoms with Gasteiger partial charge >= 0.3 is 0 Å². The van der Waals surface area contributed by atoms with Crippen LogP contribution in [0.1, 0.15) is 18.4 Å². The lowest BCUT2D eigenvalue weighted by molar-refractivity contribution is -0.110. The van der Waals surface area contributed by atoms with Gasteiger partial charge in [-0.25, -0.2) is 0 Å². The van der Waals surface area contributed by atoms with Crippen molar-refractivity contribution >= 4 is 6.29 Å². The van der Waals surface area contributed by atoms with Crippen molar-refractivity contribution in [3.63, 3.8) is 0 Å².